The number of hydrogen-bond acceptors (Lipinski definition) is 9. The quantitative estimate of drug-likeness (QED) is 0.309. The second kappa shape index (κ2) is 8.94. The molecule has 5 aromatic rings. The van der Waals surface area contributed by atoms with E-state index in [0.717, 1.165) is 27.3 Å². The van der Waals surface area contributed by atoms with Crippen LogP contribution < -0.4 is 10.2 Å². The lowest BCUT2D eigenvalue weighted by Crippen LogP contribution is -2.38. The van der Waals surface area contributed by atoms with Gasteiger partial charge < -0.3 is 4.42 Å². The molecule has 0 saturated carbocycles. The number of allylic oxidation sites excluding steroid dienone is 1. The van der Waals surface area contributed by atoms with Crippen molar-refractivity contribution in [2.75, 3.05) is 10.2 Å². The average molecular weight is 500 g/mol. The molecule has 172 valence electrons. The number of para-hydroxylation sites is 2. The van der Waals surface area contributed by atoms with Gasteiger partial charge in [0.05, 0.1) is 0 Å². The van der Waals surface area contributed by atoms with Crippen LogP contribution in [0.3, 0.4) is 0 Å². The Balaban J connectivity index is 1.41. The largest absolute Gasteiger partial charge is 0.423 e. The number of fused-ring (bicyclic) bond motifs is 1. The van der Waals surface area contributed by atoms with Crippen LogP contribution in [0.1, 0.15) is 18.5 Å². The molecule has 3 aromatic heterocycles. The van der Waals surface area contributed by atoms with Crippen LogP contribution >= 0.6 is 22.9 Å². The lowest BCUT2D eigenvalue weighted by atomic mass is 10.1. The smallest absolute Gasteiger partial charge is 0.302 e. The number of pyridine rings is 1. The van der Waals surface area contributed by atoms with Crippen molar-refractivity contribution in [3.05, 3.63) is 95.4 Å². The molecule has 0 saturated heterocycles. The van der Waals surface area contributed by atoms with Crippen LogP contribution in [0, 0.1) is 0 Å². The van der Waals surface area contributed by atoms with Crippen LogP contribution in [0.5, 0.6) is 0 Å². The molecule has 0 radical (unpaired) electrons. The number of hydrogen-bond donors (Lipinski definition) is 1. The van der Waals surface area contributed by atoms with Gasteiger partial charge in [0, 0.05) is 28.7 Å². The number of nitrogens with one attached hydrogen (secondary N) is 1. The third kappa shape index (κ3) is 4.16. The molecule has 0 fully saturated rings. The minimum atomic E-state index is -0.294. The van der Waals surface area contributed by atoms with Crippen molar-refractivity contribution in [3.8, 4) is 10.6 Å². The van der Waals surface area contributed by atoms with Crippen LogP contribution in [-0.4, -0.2) is 26.1 Å². The molecule has 8 nitrogen and oxygen atoms in total. The summed E-state index contributed by atoms with van der Waals surface area (Å²) in [6.45, 7) is 2.00. The molecule has 4 heterocycles. The molecule has 0 aliphatic carbocycles. The van der Waals surface area contributed by atoms with Crippen molar-refractivity contribution in [1.29, 1.82) is 0 Å². The highest BCUT2D eigenvalue weighted by molar-refractivity contribution is 7.18. The predicted molar refractivity (Wildman–Crippen MR) is 139 cm³/mol. The highest BCUT2D eigenvalue weighted by Gasteiger charge is 2.28. The number of nitrogens with zero attached hydrogens (tertiary/aromatic N) is 6. The molecule has 0 spiro atoms. The molecule has 1 aliphatic heterocycles. The van der Waals surface area contributed by atoms with Gasteiger partial charge in [-0.05, 0) is 48.9 Å². The van der Waals surface area contributed by atoms with E-state index in [1.807, 2.05) is 78.6 Å². The zero-order valence-electron chi connectivity index (χ0n) is 18.5. The summed E-state index contributed by atoms with van der Waals surface area (Å²) in [5.41, 5.74) is 4.15. The van der Waals surface area contributed by atoms with Crippen LogP contribution in [0.2, 0.25) is 5.02 Å². The summed E-state index contributed by atoms with van der Waals surface area (Å²) in [5, 5.41) is 14.1. The van der Waals surface area contributed by atoms with E-state index in [0.29, 0.717) is 27.7 Å². The first-order valence-corrected chi connectivity index (χ1v) is 12.0. The van der Waals surface area contributed by atoms with Crippen molar-refractivity contribution in [3.63, 3.8) is 0 Å². The number of oxazole rings is 1. The molecule has 6 rings (SSSR count). The van der Waals surface area contributed by atoms with Crippen molar-refractivity contribution in [1.82, 2.24) is 20.2 Å². The van der Waals surface area contributed by atoms with Crippen molar-refractivity contribution in [2.24, 2.45) is 4.99 Å². The second-order valence-electron chi connectivity index (χ2n) is 7.81. The Hall–Kier alpha value is -4.08. The summed E-state index contributed by atoms with van der Waals surface area (Å²) in [6.07, 6.45) is 5.54. The summed E-state index contributed by atoms with van der Waals surface area (Å²) in [4.78, 5) is 15.6. The van der Waals surface area contributed by atoms with Gasteiger partial charge in [-0.25, -0.2) is 4.99 Å². The molecule has 2 aromatic carbocycles. The summed E-state index contributed by atoms with van der Waals surface area (Å²) < 4.78 is 5.91. The molecular weight excluding hydrogens is 482 g/mol. The zero-order valence-corrected chi connectivity index (χ0v) is 20.0. The molecule has 0 amide bonds. The maximum Gasteiger partial charge on any atom is 0.302 e. The Morgan fingerprint density at radius 3 is 2.71 bits per heavy atom. The monoisotopic (exact) mass is 499 g/mol. The predicted octanol–water partition coefficient (Wildman–Crippen LogP) is 6.33. The van der Waals surface area contributed by atoms with Crippen LogP contribution in [0.25, 0.3) is 21.7 Å². The lowest BCUT2D eigenvalue weighted by Gasteiger charge is -2.29. The van der Waals surface area contributed by atoms with Gasteiger partial charge >= 0.3 is 6.01 Å². The molecule has 1 unspecified atom stereocenters. The van der Waals surface area contributed by atoms with E-state index in [4.69, 9.17) is 21.0 Å². The van der Waals surface area contributed by atoms with Gasteiger partial charge in [-0.1, -0.05) is 53.3 Å². The summed E-state index contributed by atoms with van der Waals surface area (Å²) in [7, 11) is 0. The van der Waals surface area contributed by atoms with Crippen molar-refractivity contribution in [2.45, 2.75) is 13.0 Å². The van der Waals surface area contributed by atoms with Crippen molar-refractivity contribution >= 4 is 51.1 Å². The highest BCUT2D eigenvalue weighted by atomic mass is 35.5. The van der Waals surface area contributed by atoms with Crippen molar-refractivity contribution < 1.29 is 4.42 Å². The Morgan fingerprint density at radius 2 is 1.89 bits per heavy atom. The number of aromatic nitrogens is 4. The Bertz CT molecular complexity index is 1540. The van der Waals surface area contributed by atoms with Gasteiger partial charge in [0.15, 0.2) is 10.6 Å². The maximum absolute atomic E-state index is 6.50. The molecule has 35 heavy (non-hydrogen) atoms. The van der Waals surface area contributed by atoms with E-state index in [1.165, 1.54) is 11.3 Å². The highest BCUT2D eigenvalue weighted by Crippen LogP contribution is 2.36. The van der Waals surface area contributed by atoms with E-state index in [2.05, 4.69) is 25.5 Å². The van der Waals surface area contributed by atoms with Crippen LogP contribution in [-0.2, 0) is 0 Å². The third-order valence-electron chi connectivity index (χ3n) is 5.48. The topological polar surface area (TPSA) is 92.3 Å². The van der Waals surface area contributed by atoms with Gasteiger partial charge in [0.1, 0.15) is 11.6 Å². The van der Waals surface area contributed by atoms with Gasteiger partial charge in [-0.3, -0.25) is 15.2 Å². The Labute approximate surface area is 209 Å². The second-order valence-corrected chi connectivity index (χ2v) is 9.17. The fourth-order valence-electron chi connectivity index (χ4n) is 3.83. The van der Waals surface area contributed by atoms with Gasteiger partial charge in [-0.2, -0.15) is 4.98 Å². The SMILES string of the molecule is CC1=CC(c2ccccc2Cl)N=C(Nc2nc3ccccc3o2)N1c1nnc(-c2cccnc2)s1. The van der Waals surface area contributed by atoms with E-state index >= 15 is 0 Å². The van der Waals surface area contributed by atoms with Crippen LogP contribution in [0.4, 0.5) is 11.1 Å². The van der Waals surface area contributed by atoms with E-state index < -0.39 is 0 Å². The van der Waals surface area contributed by atoms with Gasteiger partial charge in [0.25, 0.3) is 0 Å². The number of rotatable bonds is 4. The Morgan fingerprint density at radius 1 is 1.03 bits per heavy atom. The zero-order chi connectivity index (χ0) is 23.8. The fraction of sp³-hybridized carbons (Fsp3) is 0.0800. The first-order valence-electron chi connectivity index (χ1n) is 10.8. The number of aliphatic imine (C=N–C) groups is 1. The molecule has 1 atom stereocenters. The van der Waals surface area contributed by atoms with E-state index in [1.54, 1.807) is 12.4 Å². The molecule has 1 aliphatic rings. The molecule has 1 N–H and O–H groups in total. The summed E-state index contributed by atoms with van der Waals surface area (Å²) in [5.74, 6) is 0.510. The summed E-state index contributed by atoms with van der Waals surface area (Å²) >= 11 is 7.94. The molecule has 10 heteroatoms. The van der Waals surface area contributed by atoms with Crippen LogP contribution in [0.15, 0.2) is 94.2 Å². The van der Waals surface area contributed by atoms with E-state index in [-0.39, 0.29) is 6.04 Å². The number of guanidine groups is 1. The standard InChI is InChI=1S/C25H18ClN7OS/c1-15-13-20(17-8-2-3-9-18(17)26)28-23(30-24-29-19-10-4-5-11-21(19)34-24)33(15)25-32-31-22(35-25)16-7-6-12-27-14-16/h2-14,20H,1H3,(H,28,29,30). The third-order valence-corrected chi connectivity index (χ3v) is 6.78. The fourth-order valence-corrected chi connectivity index (χ4v) is 4.98. The Kier molecular flexibility index (Phi) is 5.48. The normalized spacial score (nSPS) is 15.7. The number of benzene rings is 2. The first kappa shape index (κ1) is 21.5. The molecular formula is C25H18ClN7OS. The summed E-state index contributed by atoms with van der Waals surface area (Å²) in [6, 6.07) is 19.1. The van der Waals surface area contributed by atoms with Gasteiger partial charge in [-0.15, -0.1) is 10.2 Å². The lowest BCUT2D eigenvalue weighted by molar-refractivity contribution is 0.623. The molecule has 0 bridgehead atoms. The number of anilines is 2. The first-order chi connectivity index (χ1) is 17.2. The van der Waals surface area contributed by atoms with E-state index in [9.17, 15) is 0 Å². The minimum absolute atomic E-state index is 0.294. The average Bonchev–Trinajstić information content (AvgIpc) is 3.52. The van der Waals surface area contributed by atoms with Gasteiger partial charge in [0.2, 0.25) is 11.1 Å². The number of halogens is 1. The maximum atomic E-state index is 6.50. The minimum Gasteiger partial charge on any atom is -0.423 e.